The zero-order valence-electron chi connectivity index (χ0n) is 13.7. The Bertz CT molecular complexity index is 614. The molecule has 0 spiro atoms. The maximum atomic E-state index is 10.5. The Balaban J connectivity index is 2.44. The molecule has 4 heteroatoms. The summed E-state index contributed by atoms with van der Waals surface area (Å²) in [7, 11) is 1.67. The van der Waals surface area contributed by atoms with Gasteiger partial charge in [0.1, 0.15) is 5.75 Å². The highest BCUT2D eigenvalue weighted by Gasteiger charge is 1.95. The highest BCUT2D eigenvalue weighted by atomic mass is 16.5. The van der Waals surface area contributed by atoms with Crippen molar-refractivity contribution in [2.75, 3.05) is 13.7 Å². The fraction of sp³-hybridized carbons (Fsp3) is 0.263. The van der Waals surface area contributed by atoms with Gasteiger partial charge in [-0.05, 0) is 25.5 Å². The number of hydrogen-bond donors (Lipinski definition) is 1. The number of amides is 1. The molecule has 1 rings (SSSR count). The molecule has 0 radical (unpaired) electrons. The van der Waals surface area contributed by atoms with E-state index in [0.29, 0.717) is 19.4 Å². The van der Waals surface area contributed by atoms with Crippen LogP contribution in [0.15, 0.2) is 59.1 Å². The lowest BCUT2D eigenvalue weighted by molar-refractivity contribution is -0.118. The van der Waals surface area contributed by atoms with Gasteiger partial charge in [0, 0.05) is 24.7 Å². The number of allylic oxidation sites excluding steroid dienone is 5. The van der Waals surface area contributed by atoms with E-state index in [-0.39, 0.29) is 5.91 Å². The molecule has 0 heterocycles. The summed E-state index contributed by atoms with van der Waals surface area (Å²) in [5.41, 5.74) is 7.21. The topological polar surface area (TPSA) is 64.7 Å². The van der Waals surface area contributed by atoms with Gasteiger partial charge in [-0.15, -0.1) is 0 Å². The quantitative estimate of drug-likeness (QED) is 0.430. The first-order valence-electron chi connectivity index (χ1n) is 7.56. The lowest BCUT2D eigenvalue weighted by atomic mass is 10.1. The van der Waals surface area contributed by atoms with Crippen LogP contribution in [-0.2, 0) is 4.79 Å². The fourth-order valence-electron chi connectivity index (χ4n) is 1.82. The highest BCUT2D eigenvalue weighted by molar-refractivity contribution is 5.74. The van der Waals surface area contributed by atoms with Crippen LogP contribution in [0, 0.1) is 0 Å². The Morgan fingerprint density at radius 1 is 1.30 bits per heavy atom. The van der Waals surface area contributed by atoms with Crippen LogP contribution in [0.25, 0.3) is 6.08 Å². The van der Waals surface area contributed by atoms with E-state index < -0.39 is 0 Å². The van der Waals surface area contributed by atoms with Gasteiger partial charge in [0.05, 0.1) is 7.11 Å². The number of hydrogen-bond acceptors (Lipinski definition) is 3. The average Bonchev–Trinajstić information content (AvgIpc) is 2.55. The summed E-state index contributed by atoms with van der Waals surface area (Å²) in [5, 5.41) is 0. The molecule has 0 aliphatic heterocycles. The number of nitrogens with two attached hydrogens (primary N) is 1. The van der Waals surface area contributed by atoms with E-state index in [0.717, 1.165) is 16.9 Å². The van der Waals surface area contributed by atoms with Gasteiger partial charge in [-0.2, -0.15) is 0 Å². The standard InChI is InChI=1S/C19H24N2O2/c1-16(8-5-6-14-21-15-7-11-19(20)22)12-13-17-9-3-4-10-18(17)23-2/h3-6,8-10,12-14H,7,11,15H2,1-2H3,(H2,20,22)/b6-5-,13-12+,16-8+,21-14+. The molecule has 4 nitrogen and oxygen atoms in total. The third-order valence-electron chi connectivity index (χ3n) is 3.04. The summed E-state index contributed by atoms with van der Waals surface area (Å²) in [5.74, 6) is 0.575. The Hall–Kier alpha value is -2.62. The molecule has 0 aromatic heterocycles. The van der Waals surface area contributed by atoms with Crippen molar-refractivity contribution in [3.05, 3.63) is 59.7 Å². The van der Waals surface area contributed by atoms with Crippen LogP contribution in [0.1, 0.15) is 25.3 Å². The molecule has 0 atom stereocenters. The van der Waals surface area contributed by atoms with Crippen LogP contribution in [0.3, 0.4) is 0 Å². The minimum absolute atomic E-state index is 0.281. The first-order chi connectivity index (χ1) is 11.1. The number of methoxy groups -OCH3 is 1. The van der Waals surface area contributed by atoms with E-state index in [9.17, 15) is 4.79 Å². The number of nitrogens with zero attached hydrogens (tertiary/aromatic N) is 1. The lowest BCUT2D eigenvalue weighted by Gasteiger charge is -2.03. The molecule has 0 aliphatic rings. The molecule has 122 valence electrons. The van der Waals surface area contributed by atoms with Crippen LogP contribution < -0.4 is 10.5 Å². The smallest absolute Gasteiger partial charge is 0.217 e. The predicted octanol–water partition coefficient (Wildman–Crippen LogP) is 3.55. The number of benzene rings is 1. The number of primary amides is 1. The second kappa shape index (κ2) is 11.0. The van der Waals surface area contributed by atoms with Crippen LogP contribution in [0.4, 0.5) is 0 Å². The number of carbonyl (C=O) groups excluding carboxylic acids is 1. The molecule has 23 heavy (non-hydrogen) atoms. The predicted molar refractivity (Wildman–Crippen MR) is 96.7 cm³/mol. The van der Waals surface area contributed by atoms with Gasteiger partial charge in [-0.3, -0.25) is 9.79 Å². The van der Waals surface area contributed by atoms with E-state index in [1.165, 1.54) is 0 Å². The first-order valence-corrected chi connectivity index (χ1v) is 7.56. The zero-order valence-corrected chi connectivity index (χ0v) is 13.7. The molecular weight excluding hydrogens is 288 g/mol. The number of carbonyl (C=O) groups is 1. The van der Waals surface area contributed by atoms with E-state index >= 15 is 0 Å². The minimum Gasteiger partial charge on any atom is -0.496 e. The summed E-state index contributed by atoms with van der Waals surface area (Å²) in [6.07, 6.45) is 12.7. The molecule has 0 fully saturated rings. The zero-order chi connectivity index (χ0) is 16.9. The summed E-state index contributed by atoms with van der Waals surface area (Å²) in [6, 6.07) is 7.88. The summed E-state index contributed by atoms with van der Waals surface area (Å²) >= 11 is 0. The van der Waals surface area contributed by atoms with Gasteiger partial charge < -0.3 is 10.5 Å². The SMILES string of the molecule is COc1ccccc1/C=C/C(C)=C/C=C\C=N\CCCC(N)=O. The fourth-order valence-corrected chi connectivity index (χ4v) is 1.82. The highest BCUT2D eigenvalue weighted by Crippen LogP contribution is 2.19. The van der Waals surface area contributed by atoms with Gasteiger partial charge in [-0.25, -0.2) is 0 Å². The van der Waals surface area contributed by atoms with E-state index in [4.69, 9.17) is 10.5 Å². The van der Waals surface area contributed by atoms with Crippen molar-refractivity contribution in [3.63, 3.8) is 0 Å². The van der Waals surface area contributed by atoms with Crippen molar-refractivity contribution >= 4 is 18.2 Å². The maximum absolute atomic E-state index is 10.5. The Morgan fingerprint density at radius 2 is 2.09 bits per heavy atom. The second-order valence-electron chi connectivity index (χ2n) is 5.00. The monoisotopic (exact) mass is 312 g/mol. The molecule has 1 aromatic rings. The second-order valence-corrected chi connectivity index (χ2v) is 5.00. The van der Waals surface area contributed by atoms with Gasteiger partial charge in [0.25, 0.3) is 0 Å². The summed E-state index contributed by atoms with van der Waals surface area (Å²) in [6.45, 7) is 2.64. The van der Waals surface area contributed by atoms with Gasteiger partial charge in [0.2, 0.25) is 5.91 Å². The normalized spacial score (nSPS) is 12.5. The van der Waals surface area contributed by atoms with Crippen LogP contribution >= 0.6 is 0 Å². The van der Waals surface area contributed by atoms with Gasteiger partial charge in [0.15, 0.2) is 0 Å². The molecule has 0 unspecified atom stereocenters. The number of para-hydroxylation sites is 1. The molecule has 1 amide bonds. The van der Waals surface area contributed by atoms with Crippen molar-refractivity contribution < 1.29 is 9.53 Å². The van der Waals surface area contributed by atoms with Crippen molar-refractivity contribution in [1.29, 1.82) is 0 Å². The molecule has 2 N–H and O–H groups in total. The Kier molecular flexibility index (Phi) is 8.83. The van der Waals surface area contributed by atoms with Crippen LogP contribution in [0.5, 0.6) is 5.75 Å². The number of aliphatic imine (C=N–C) groups is 1. The van der Waals surface area contributed by atoms with Crippen molar-refractivity contribution in [2.45, 2.75) is 19.8 Å². The van der Waals surface area contributed by atoms with Gasteiger partial charge >= 0.3 is 0 Å². The van der Waals surface area contributed by atoms with E-state index in [1.54, 1.807) is 13.3 Å². The van der Waals surface area contributed by atoms with Crippen LogP contribution in [0.2, 0.25) is 0 Å². The maximum Gasteiger partial charge on any atom is 0.217 e. The van der Waals surface area contributed by atoms with Crippen molar-refractivity contribution in [3.8, 4) is 5.75 Å². The molecule has 0 saturated carbocycles. The molecule has 1 aromatic carbocycles. The minimum atomic E-state index is -0.281. The van der Waals surface area contributed by atoms with Gasteiger partial charge in [-0.1, -0.05) is 48.1 Å². The third kappa shape index (κ3) is 8.41. The summed E-state index contributed by atoms with van der Waals surface area (Å²) < 4.78 is 5.31. The van der Waals surface area contributed by atoms with E-state index in [2.05, 4.69) is 4.99 Å². The molecule has 0 bridgehead atoms. The van der Waals surface area contributed by atoms with Crippen molar-refractivity contribution in [1.82, 2.24) is 0 Å². The first kappa shape index (κ1) is 18.4. The number of rotatable bonds is 9. The summed E-state index contributed by atoms with van der Waals surface area (Å²) in [4.78, 5) is 14.7. The largest absolute Gasteiger partial charge is 0.496 e. The van der Waals surface area contributed by atoms with E-state index in [1.807, 2.05) is 61.6 Å². The number of ether oxygens (including phenoxy) is 1. The van der Waals surface area contributed by atoms with Crippen LogP contribution in [-0.4, -0.2) is 25.8 Å². The molecule has 0 saturated heterocycles. The molecule has 0 aliphatic carbocycles. The Labute approximate surface area is 138 Å². The van der Waals surface area contributed by atoms with Crippen molar-refractivity contribution in [2.24, 2.45) is 10.7 Å². The third-order valence-corrected chi connectivity index (χ3v) is 3.04. The lowest BCUT2D eigenvalue weighted by Crippen LogP contribution is -2.10. The Morgan fingerprint density at radius 3 is 2.83 bits per heavy atom. The average molecular weight is 312 g/mol. The molecular formula is C19H24N2O2.